The van der Waals surface area contributed by atoms with Gasteiger partial charge in [0.1, 0.15) is 0 Å². The molecular formula is C20H25F2N3O3. The summed E-state index contributed by atoms with van der Waals surface area (Å²) in [6.45, 7) is 2.35. The highest BCUT2D eigenvalue weighted by atomic mass is 19.3. The highest BCUT2D eigenvalue weighted by Crippen LogP contribution is 2.37. The second-order valence-corrected chi connectivity index (χ2v) is 7.31. The smallest absolute Gasteiger partial charge is 0.267 e. The van der Waals surface area contributed by atoms with Crippen molar-refractivity contribution >= 4 is 23.6 Å². The van der Waals surface area contributed by atoms with Crippen molar-refractivity contribution < 1.29 is 23.6 Å². The van der Waals surface area contributed by atoms with E-state index in [1.54, 1.807) is 16.5 Å². The first kappa shape index (κ1) is 20.3. The summed E-state index contributed by atoms with van der Waals surface area (Å²) in [5, 5.41) is 8.61. The minimum absolute atomic E-state index is 0.0112. The Kier molecular flexibility index (Phi) is 6.28. The van der Waals surface area contributed by atoms with E-state index in [2.05, 4.69) is 4.90 Å². The molecule has 28 heavy (non-hydrogen) atoms. The molecule has 2 amide bonds. The normalized spacial score (nSPS) is 20.4. The van der Waals surface area contributed by atoms with Crippen LogP contribution in [0.25, 0.3) is 6.08 Å². The molecule has 1 saturated carbocycles. The van der Waals surface area contributed by atoms with Crippen LogP contribution in [0.2, 0.25) is 0 Å². The molecule has 1 aromatic rings. The Labute approximate surface area is 162 Å². The lowest BCUT2D eigenvalue weighted by molar-refractivity contribution is -0.140. The lowest BCUT2D eigenvalue weighted by atomic mass is 9.86. The largest absolute Gasteiger partial charge is 0.367 e. The summed E-state index contributed by atoms with van der Waals surface area (Å²) in [6.07, 6.45) is 2.98. The number of piperazine rings is 1. The summed E-state index contributed by atoms with van der Waals surface area (Å²) < 4.78 is 26.6. The molecule has 0 bridgehead atoms. The van der Waals surface area contributed by atoms with Crippen molar-refractivity contribution in [3.8, 4) is 0 Å². The average Bonchev–Trinajstić information content (AvgIpc) is 2.72. The molecule has 0 aromatic heterocycles. The Bertz CT molecular complexity index is 736. The highest BCUT2D eigenvalue weighted by molar-refractivity contribution is 5.91. The third kappa shape index (κ3) is 4.86. The van der Waals surface area contributed by atoms with Crippen LogP contribution in [0.4, 0.5) is 14.5 Å². The molecule has 1 aromatic carbocycles. The number of hydrogen-bond acceptors (Lipinski definition) is 4. The van der Waals surface area contributed by atoms with Crippen molar-refractivity contribution in [2.75, 3.05) is 31.1 Å². The van der Waals surface area contributed by atoms with Gasteiger partial charge in [0, 0.05) is 56.7 Å². The zero-order valence-corrected chi connectivity index (χ0v) is 15.6. The summed E-state index contributed by atoms with van der Waals surface area (Å²) in [5.41, 5.74) is 3.33. The summed E-state index contributed by atoms with van der Waals surface area (Å²) in [5.74, 6) is -3.54. The van der Waals surface area contributed by atoms with Gasteiger partial charge in [-0.15, -0.1) is 0 Å². The number of rotatable bonds is 4. The average molecular weight is 393 g/mol. The van der Waals surface area contributed by atoms with Crippen LogP contribution >= 0.6 is 0 Å². The molecule has 1 saturated heterocycles. The topological polar surface area (TPSA) is 72.9 Å². The van der Waals surface area contributed by atoms with Crippen molar-refractivity contribution in [1.82, 2.24) is 10.4 Å². The number of benzene rings is 1. The molecule has 0 spiro atoms. The number of para-hydroxylation sites is 1. The maximum atomic E-state index is 13.3. The van der Waals surface area contributed by atoms with E-state index < -0.39 is 11.8 Å². The van der Waals surface area contributed by atoms with Crippen LogP contribution in [-0.2, 0) is 9.59 Å². The van der Waals surface area contributed by atoms with E-state index in [0.717, 1.165) is 11.3 Å². The molecule has 1 aliphatic heterocycles. The summed E-state index contributed by atoms with van der Waals surface area (Å²) in [4.78, 5) is 27.8. The molecule has 2 aliphatic rings. The van der Waals surface area contributed by atoms with Crippen LogP contribution in [0.15, 0.2) is 30.3 Å². The lowest BCUT2D eigenvalue weighted by Crippen LogP contribution is -2.51. The SMILES string of the molecule is O=C(C=Cc1ccccc1N1CCN(C(=O)C2CCC(F)(F)CC2)CC1)NO. The number of hydroxylamine groups is 1. The van der Waals surface area contributed by atoms with Gasteiger partial charge in [-0.25, -0.2) is 14.3 Å². The van der Waals surface area contributed by atoms with Crippen LogP contribution in [0.5, 0.6) is 0 Å². The molecule has 2 N–H and O–H groups in total. The van der Waals surface area contributed by atoms with E-state index in [1.807, 2.05) is 24.3 Å². The van der Waals surface area contributed by atoms with Gasteiger partial charge in [-0.3, -0.25) is 14.8 Å². The van der Waals surface area contributed by atoms with Crippen molar-refractivity contribution in [2.24, 2.45) is 5.92 Å². The number of amides is 2. The zero-order chi connectivity index (χ0) is 20.1. The number of carbonyl (C=O) groups is 2. The predicted molar refractivity (Wildman–Crippen MR) is 101 cm³/mol. The van der Waals surface area contributed by atoms with E-state index in [1.165, 1.54) is 6.08 Å². The van der Waals surface area contributed by atoms with Gasteiger partial charge in [0.25, 0.3) is 5.91 Å². The van der Waals surface area contributed by atoms with Crippen LogP contribution in [-0.4, -0.2) is 54.0 Å². The first-order valence-electron chi connectivity index (χ1n) is 9.52. The summed E-state index contributed by atoms with van der Waals surface area (Å²) in [6, 6.07) is 7.57. The van der Waals surface area contributed by atoms with Crippen molar-refractivity contribution in [1.29, 1.82) is 0 Å². The Hall–Kier alpha value is -2.48. The first-order chi connectivity index (χ1) is 13.4. The number of alkyl halides is 2. The molecule has 0 atom stereocenters. The summed E-state index contributed by atoms with van der Waals surface area (Å²) >= 11 is 0. The minimum Gasteiger partial charge on any atom is -0.367 e. The number of carbonyl (C=O) groups excluding carboxylic acids is 2. The number of nitrogens with one attached hydrogen (secondary N) is 1. The molecule has 1 aliphatic carbocycles. The van der Waals surface area contributed by atoms with Gasteiger partial charge in [-0.1, -0.05) is 18.2 Å². The van der Waals surface area contributed by atoms with E-state index >= 15 is 0 Å². The Morgan fingerprint density at radius 1 is 1.11 bits per heavy atom. The predicted octanol–water partition coefficient (Wildman–Crippen LogP) is 2.68. The van der Waals surface area contributed by atoms with Gasteiger partial charge in [-0.05, 0) is 30.5 Å². The minimum atomic E-state index is -2.63. The van der Waals surface area contributed by atoms with Crippen molar-refractivity contribution in [3.63, 3.8) is 0 Å². The maximum Gasteiger partial charge on any atom is 0.267 e. The van der Waals surface area contributed by atoms with Crippen LogP contribution < -0.4 is 10.4 Å². The fourth-order valence-electron chi connectivity index (χ4n) is 3.83. The second-order valence-electron chi connectivity index (χ2n) is 7.31. The number of halogens is 2. The number of anilines is 1. The molecule has 3 rings (SSSR count). The standard InChI is InChI=1S/C20H25F2N3O3/c21-20(22)9-7-16(8-10-20)19(27)25-13-11-24(12-14-25)17-4-2-1-3-15(17)5-6-18(26)23-28/h1-6,16,28H,7-14H2,(H,23,26). The molecule has 152 valence electrons. The number of hydrogen-bond donors (Lipinski definition) is 2. The fourth-order valence-corrected chi connectivity index (χ4v) is 3.83. The van der Waals surface area contributed by atoms with Gasteiger partial charge in [0.15, 0.2) is 0 Å². The molecule has 6 nitrogen and oxygen atoms in total. The Balaban J connectivity index is 1.59. The van der Waals surface area contributed by atoms with E-state index in [9.17, 15) is 18.4 Å². The van der Waals surface area contributed by atoms with Gasteiger partial charge < -0.3 is 9.80 Å². The monoisotopic (exact) mass is 393 g/mol. The molecule has 2 fully saturated rings. The quantitative estimate of drug-likeness (QED) is 0.469. The highest BCUT2D eigenvalue weighted by Gasteiger charge is 2.39. The molecule has 8 heteroatoms. The van der Waals surface area contributed by atoms with Crippen molar-refractivity contribution in [3.05, 3.63) is 35.9 Å². The lowest BCUT2D eigenvalue weighted by Gasteiger charge is -2.39. The van der Waals surface area contributed by atoms with E-state index in [-0.39, 0.29) is 37.5 Å². The van der Waals surface area contributed by atoms with Gasteiger partial charge in [-0.2, -0.15) is 0 Å². The molecule has 0 radical (unpaired) electrons. The second kappa shape index (κ2) is 8.68. The third-order valence-corrected chi connectivity index (χ3v) is 5.46. The zero-order valence-electron chi connectivity index (χ0n) is 15.6. The molecular weight excluding hydrogens is 368 g/mol. The molecule has 0 unspecified atom stereocenters. The number of nitrogens with zero attached hydrogens (tertiary/aromatic N) is 2. The Morgan fingerprint density at radius 3 is 2.39 bits per heavy atom. The van der Waals surface area contributed by atoms with Gasteiger partial charge in [0.2, 0.25) is 11.8 Å². The van der Waals surface area contributed by atoms with Gasteiger partial charge in [0.05, 0.1) is 0 Å². The fraction of sp³-hybridized carbons (Fsp3) is 0.500. The van der Waals surface area contributed by atoms with Crippen LogP contribution in [0, 0.1) is 5.92 Å². The van der Waals surface area contributed by atoms with Crippen LogP contribution in [0.3, 0.4) is 0 Å². The van der Waals surface area contributed by atoms with E-state index in [4.69, 9.17) is 5.21 Å². The van der Waals surface area contributed by atoms with Crippen LogP contribution in [0.1, 0.15) is 31.2 Å². The summed E-state index contributed by atoms with van der Waals surface area (Å²) in [7, 11) is 0. The van der Waals surface area contributed by atoms with Crippen molar-refractivity contribution in [2.45, 2.75) is 31.6 Å². The maximum absolute atomic E-state index is 13.3. The third-order valence-electron chi connectivity index (χ3n) is 5.46. The first-order valence-corrected chi connectivity index (χ1v) is 9.52. The Morgan fingerprint density at radius 2 is 1.75 bits per heavy atom. The van der Waals surface area contributed by atoms with Gasteiger partial charge >= 0.3 is 0 Å². The van der Waals surface area contributed by atoms with E-state index in [0.29, 0.717) is 26.2 Å². The molecule has 1 heterocycles.